The van der Waals surface area contributed by atoms with Crippen LogP contribution >= 0.6 is 15.9 Å². The summed E-state index contributed by atoms with van der Waals surface area (Å²) in [6.45, 7) is 2.74. The molecule has 0 spiro atoms. The standard InChI is InChI=1S/C12H14BrN5O/c1-7(12-15-17-18-16-12)14-10-4-5-19-11-3-2-8(13)6-9(10)11/h2-3,6-7,10,14H,4-5H2,1H3,(H,15,16,17,18). The summed E-state index contributed by atoms with van der Waals surface area (Å²) in [7, 11) is 0. The van der Waals surface area contributed by atoms with Crippen LogP contribution in [-0.4, -0.2) is 27.2 Å². The number of ether oxygens (including phenoxy) is 1. The van der Waals surface area contributed by atoms with Gasteiger partial charge in [0.05, 0.1) is 12.6 Å². The second-order valence-corrected chi connectivity index (χ2v) is 5.45. The lowest BCUT2D eigenvalue weighted by Crippen LogP contribution is -2.29. The van der Waals surface area contributed by atoms with Crippen molar-refractivity contribution in [3.63, 3.8) is 0 Å². The highest BCUT2D eigenvalue weighted by molar-refractivity contribution is 9.10. The summed E-state index contributed by atoms with van der Waals surface area (Å²) >= 11 is 3.50. The smallest absolute Gasteiger partial charge is 0.191 e. The summed E-state index contributed by atoms with van der Waals surface area (Å²) in [6.07, 6.45) is 0.922. The van der Waals surface area contributed by atoms with Gasteiger partial charge in [0.25, 0.3) is 0 Å². The molecule has 1 aromatic carbocycles. The van der Waals surface area contributed by atoms with Gasteiger partial charge in [-0.05, 0) is 25.1 Å². The quantitative estimate of drug-likeness (QED) is 0.905. The number of nitrogens with one attached hydrogen (secondary N) is 2. The number of benzene rings is 1. The summed E-state index contributed by atoms with van der Waals surface area (Å²) in [5.74, 6) is 1.61. The van der Waals surface area contributed by atoms with Crippen molar-refractivity contribution in [3.05, 3.63) is 34.1 Å². The fourth-order valence-electron chi connectivity index (χ4n) is 2.27. The van der Waals surface area contributed by atoms with E-state index in [0.717, 1.165) is 22.2 Å². The van der Waals surface area contributed by atoms with Gasteiger partial charge in [0, 0.05) is 22.5 Å². The highest BCUT2D eigenvalue weighted by atomic mass is 79.9. The number of halogens is 1. The Morgan fingerprint density at radius 1 is 1.53 bits per heavy atom. The van der Waals surface area contributed by atoms with E-state index in [-0.39, 0.29) is 12.1 Å². The minimum absolute atomic E-state index is 0.0358. The second-order valence-electron chi connectivity index (χ2n) is 4.53. The molecule has 0 fully saturated rings. The molecule has 100 valence electrons. The second kappa shape index (κ2) is 5.26. The molecule has 1 aliphatic heterocycles. The number of hydrogen-bond acceptors (Lipinski definition) is 5. The summed E-state index contributed by atoms with van der Waals surface area (Å²) in [5.41, 5.74) is 1.16. The van der Waals surface area contributed by atoms with Gasteiger partial charge in [-0.15, -0.1) is 10.2 Å². The summed E-state index contributed by atoms with van der Waals surface area (Å²) in [5, 5.41) is 17.6. The Morgan fingerprint density at radius 2 is 2.42 bits per heavy atom. The van der Waals surface area contributed by atoms with Crippen molar-refractivity contribution in [2.24, 2.45) is 0 Å². The zero-order chi connectivity index (χ0) is 13.2. The fraction of sp³-hybridized carbons (Fsp3) is 0.417. The molecule has 0 amide bonds. The zero-order valence-electron chi connectivity index (χ0n) is 10.4. The number of tetrazole rings is 1. The van der Waals surface area contributed by atoms with Crippen LogP contribution in [0.1, 0.15) is 36.8 Å². The summed E-state index contributed by atoms with van der Waals surface area (Å²) < 4.78 is 6.72. The van der Waals surface area contributed by atoms with Crippen LogP contribution < -0.4 is 10.1 Å². The molecular formula is C12H14BrN5O. The van der Waals surface area contributed by atoms with Crippen LogP contribution in [0.15, 0.2) is 22.7 Å². The van der Waals surface area contributed by atoms with E-state index in [1.165, 1.54) is 0 Å². The van der Waals surface area contributed by atoms with Crippen LogP contribution in [0, 0.1) is 0 Å². The first-order valence-corrected chi connectivity index (χ1v) is 6.95. The Labute approximate surface area is 119 Å². The lowest BCUT2D eigenvalue weighted by Gasteiger charge is -2.28. The number of aromatic nitrogens is 4. The van der Waals surface area contributed by atoms with Crippen molar-refractivity contribution < 1.29 is 4.74 Å². The van der Waals surface area contributed by atoms with Crippen molar-refractivity contribution in [2.75, 3.05) is 6.61 Å². The lowest BCUT2D eigenvalue weighted by atomic mass is 10.00. The molecule has 2 N–H and O–H groups in total. The minimum Gasteiger partial charge on any atom is -0.493 e. The number of H-pyrrole nitrogens is 1. The van der Waals surface area contributed by atoms with Gasteiger partial charge in [-0.1, -0.05) is 21.1 Å². The van der Waals surface area contributed by atoms with Crippen LogP contribution in [0.25, 0.3) is 0 Å². The third-order valence-corrected chi connectivity index (χ3v) is 3.70. The molecule has 0 bridgehead atoms. The monoisotopic (exact) mass is 323 g/mol. The van der Waals surface area contributed by atoms with Crippen molar-refractivity contribution in [1.29, 1.82) is 0 Å². The van der Waals surface area contributed by atoms with Crippen molar-refractivity contribution in [3.8, 4) is 5.75 Å². The maximum atomic E-state index is 5.67. The number of fused-ring (bicyclic) bond motifs is 1. The third kappa shape index (κ3) is 2.62. The highest BCUT2D eigenvalue weighted by Gasteiger charge is 2.24. The number of nitrogens with zero attached hydrogens (tertiary/aromatic N) is 3. The molecule has 0 radical (unpaired) electrons. The van der Waals surface area contributed by atoms with E-state index in [4.69, 9.17) is 4.74 Å². The molecule has 0 saturated heterocycles. The van der Waals surface area contributed by atoms with Crippen LogP contribution in [-0.2, 0) is 0 Å². The van der Waals surface area contributed by atoms with E-state index in [1.807, 2.05) is 19.1 Å². The zero-order valence-corrected chi connectivity index (χ0v) is 12.0. The third-order valence-electron chi connectivity index (χ3n) is 3.21. The maximum absolute atomic E-state index is 5.67. The van der Waals surface area contributed by atoms with E-state index in [1.54, 1.807) is 0 Å². The molecule has 6 nitrogen and oxygen atoms in total. The summed E-state index contributed by atoms with van der Waals surface area (Å²) in [6, 6.07) is 6.34. The average molecular weight is 324 g/mol. The average Bonchev–Trinajstić information content (AvgIpc) is 2.93. The fourth-order valence-corrected chi connectivity index (χ4v) is 2.65. The largest absolute Gasteiger partial charge is 0.493 e. The van der Waals surface area contributed by atoms with Gasteiger partial charge in [0.2, 0.25) is 0 Å². The first-order chi connectivity index (χ1) is 9.24. The molecule has 2 unspecified atom stereocenters. The molecule has 2 aromatic rings. The Morgan fingerprint density at radius 3 is 3.21 bits per heavy atom. The van der Waals surface area contributed by atoms with Crippen LogP contribution in [0.5, 0.6) is 5.75 Å². The van der Waals surface area contributed by atoms with Gasteiger partial charge < -0.3 is 10.1 Å². The molecule has 0 saturated carbocycles. The van der Waals surface area contributed by atoms with E-state index in [9.17, 15) is 0 Å². The van der Waals surface area contributed by atoms with E-state index in [0.29, 0.717) is 12.4 Å². The Balaban J connectivity index is 1.81. The Hall–Kier alpha value is -1.47. The van der Waals surface area contributed by atoms with Crippen molar-refractivity contribution in [2.45, 2.75) is 25.4 Å². The minimum atomic E-state index is 0.0358. The number of rotatable bonds is 3. The highest BCUT2D eigenvalue weighted by Crippen LogP contribution is 2.35. The van der Waals surface area contributed by atoms with E-state index >= 15 is 0 Å². The van der Waals surface area contributed by atoms with Gasteiger partial charge in [-0.2, -0.15) is 5.21 Å². The van der Waals surface area contributed by atoms with E-state index < -0.39 is 0 Å². The number of hydrogen-bond donors (Lipinski definition) is 2. The predicted octanol–water partition coefficient (Wildman–Crippen LogP) is 2.14. The SMILES string of the molecule is CC(NC1CCOc2ccc(Br)cc21)c1nn[nH]n1. The first-order valence-electron chi connectivity index (χ1n) is 6.15. The first kappa shape index (κ1) is 12.6. The molecular weight excluding hydrogens is 310 g/mol. The maximum Gasteiger partial charge on any atom is 0.191 e. The van der Waals surface area contributed by atoms with Gasteiger partial charge in [0.15, 0.2) is 5.82 Å². The van der Waals surface area contributed by atoms with Crippen molar-refractivity contribution >= 4 is 15.9 Å². The molecule has 2 atom stereocenters. The van der Waals surface area contributed by atoms with Crippen molar-refractivity contribution in [1.82, 2.24) is 25.9 Å². The molecule has 0 aliphatic carbocycles. The van der Waals surface area contributed by atoms with Crippen LogP contribution in [0.2, 0.25) is 0 Å². The normalized spacial score (nSPS) is 19.6. The molecule has 2 heterocycles. The van der Waals surface area contributed by atoms with Gasteiger partial charge >= 0.3 is 0 Å². The van der Waals surface area contributed by atoms with Gasteiger partial charge in [-0.25, -0.2) is 0 Å². The van der Waals surface area contributed by atoms with Gasteiger partial charge in [-0.3, -0.25) is 0 Å². The van der Waals surface area contributed by atoms with Crippen LogP contribution in [0.4, 0.5) is 0 Å². The topological polar surface area (TPSA) is 75.7 Å². The predicted molar refractivity (Wildman–Crippen MR) is 72.7 cm³/mol. The molecule has 7 heteroatoms. The Kier molecular flexibility index (Phi) is 3.48. The lowest BCUT2D eigenvalue weighted by molar-refractivity contribution is 0.245. The van der Waals surface area contributed by atoms with E-state index in [2.05, 4.69) is 47.9 Å². The molecule has 1 aliphatic rings. The number of aromatic amines is 1. The van der Waals surface area contributed by atoms with Crippen LogP contribution in [0.3, 0.4) is 0 Å². The summed E-state index contributed by atoms with van der Waals surface area (Å²) in [4.78, 5) is 0. The molecule has 19 heavy (non-hydrogen) atoms. The van der Waals surface area contributed by atoms with Gasteiger partial charge in [0.1, 0.15) is 5.75 Å². The Bertz CT molecular complexity index is 559. The molecule has 3 rings (SSSR count). The molecule has 1 aromatic heterocycles.